The van der Waals surface area contributed by atoms with Crippen LogP contribution in [0.2, 0.25) is 0 Å². The van der Waals surface area contributed by atoms with Crippen molar-refractivity contribution >= 4 is 29.0 Å². The zero-order chi connectivity index (χ0) is 19.7. The van der Waals surface area contributed by atoms with Gasteiger partial charge in [-0.3, -0.25) is 19.8 Å². The smallest absolute Gasteiger partial charge is 0.269 e. The third-order valence-electron chi connectivity index (χ3n) is 4.92. The summed E-state index contributed by atoms with van der Waals surface area (Å²) >= 11 is 1.47. The molecule has 0 aromatic heterocycles. The molecule has 7 nitrogen and oxygen atoms in total. The minimum atomic E-state index is -0.462. The first kappa shape index (κ1) is 18.1. The maximum atomic E-state index is 12.9. The van der Waals surface area contributed by atoms with Crippen molar-refractivity contribution in [2.45, 2.75) is 12.3 Å². The number of hydrogen-bond acceptors (Lipinski definition) is 6. The summed E-state index contributed by atoms with van der Waals surface area (Å²) in [6, 6.07) is 18.2. The fourth-order valence-corrected chi connectivity index (χ4v) is 4.65. The zero-order valence-electron chi connectivity index (χ0n) is 14.8. The van der Waals surface area contributed by atoms with E-state index in [-0.39, 0.29) is 23.9 Å². The number of nitriles is 1. The van der Waals surface area contributed by atoms with Crippen LogP contribution >= 0.6 is 11.8 Å². The Morgan fingerprint density at radius 2 is 1.86 bits per heavy atom. The second-order valence-electron chi connectivity index (χ2n) is 6.55. The Morgan fingerprint density at radius 3 is 2.50 bits per heavy atom. The minimum Gasteiger partial charge on any atom is -0.344 e. The lowest BCUT2D eigenvalue weighted by Crippen LogP contribution is -2.47. The van der Waals surface area contributed by atoms with Crippen molar-refractivity contribution in [2.24, 2.45) is 0 Å². The standard InChI is InChI=1S/C20H16N4O3S/c21-11-18-17(14-6-8-16(9-7-14)24(26)27)10-19(25)23-12-22(13-28-20(18)23)15-4-2-1-3-5-15/h1-9,17H,10,12-13H2/t17-/m1/s1. The Bertz CT molecular complexity index is 998. The summed E-state index contributed by atoms with van der Waals surface area (Å²) in [4.78, 5) is 27.0. The monoisotopic (exact) mass is 392 g/mol. The molecule has 2 heterocycles. The van der Waals surface area contributed by atoms with Crippen molar-refractivity contribution < 1.29 is 9.72 Å². The SMILES string of the molecule is N#CC1=C2SCN(c3ccccc3)CN2C(=O)C[C@@H]1c1ccc([N+](=O)[O-])cc1. The van der Waals surface area contributed by atoms with Crippen LogP contribution in [0.4, 0.5) is 11.4 Å². The van der Waals surface area contributed by atoms with E-state index in [0.29, 0.717) is 23.1 Å². The molecule has 2 aromatic rings. The van der Waals surface area contributed by atoms with Crippen molar-refractivity contribution in [1.29, 1.82) is 5.26 Å². The van der Waals surface area contributed by atoms with E-state index >= 15 is 0 Å². The quantitative estimate of drug-likeness (QED) is 0.583. The van der Waals surface area contributed by atoms with E-state index in [9.17, 15) is 20.2 Å². The molecule has 2 aliphatic heterocycles. The summed E-state index contributed by atoms with van der Waals surface area (Å²) in [6.45, 7) is 0.406. The van der Waals surface area contributed by atoms with E-state index < -0.39 is 4.92 Å². The molecule has 1 fully saturated rings. The molecule has 0 saturated carbocycles. The van der Waals surface area contributed by atoms with Crippen LogP contribution < -0.4 is 4.90 Å². The van der Waals surface area contributed by atoms with E-state index in [0.717, 1.165) is 11.3 Å². The second-order valence-corrected chi connectivity index (χ2v) is 7.48. The molecule has 1 atom stereocenters. The highest BCUT2D eigenvalue weighted by Gasteiger charge is 2.38. The molecular weight excluding hydrogens is 376 g/mol. The molecule has 2 aromatic carbocycles. The number of fused-ring (bicyclic) bond motifs is 1. The van der Waals surface area contributed by atoms with Crippen molar-refractivity contribution in [3.8, 4) is 6.07 Å². The maximum absolute atomic E-state index is 12.9. The summed E-state index contributed by atoms with van der Waals surface area (Å²) < 4.78 is 0. The average molecular weight is 392 g/mol. The summed E-state index contributed by atoms with van der Waals surface area (Å²) in [6.07, 6.45) is 0.174. The number of nitrogens with zero attached hydrogens (tertiary/aromatic N) is 4. The van der Waals surface area contributed by atoms with Crippen LogP contribution in [0.15, 0.2) is 65.2 Å². The van der Waals surface area contributed by atoms with E-state index in [1.807, 2.05) is 30.3 Å². The predicted molar refractivity (Wildman–Crippen MR) is 106 cm³/mol. The zero-order valence-corrected chi connectivity index (χ0v) is 15.6. The van der Waals surface area contributed by atoms with Gasteiger partial charge in [0.25, 0.3) is 5.69 Å². The van der Waals surface area contributed by atoms with Crippen LogP contribution in [-0.4, -0.2) is 28.3 Å². The third-order valence-corrected chi connectivity index (χ3v) is 6.08. The number of hydrogen-bond donors (Lipinski definition) is 0. The van der Waals surface area contributed by atoms with Crippen LogP contribution in [0.5, 0.6) is 0 Å². The Hall–Kier alpha value is -3.31. The number of para-hydroxylation sites is 1. The number of allylic oxidation sites excluding steroid dienone is 1. The topological polar surface area (TPSA) is 90.5 Å². The molecule has 0 unspecified atom stereocenters. The molecule has 2 aliphatic rings. The third kappa shape index (κ3) is 3.21. The van der Waals surface area contributed by atoms with Gasteiger partial charge in [0, 0.05) is 30.2 Å². The highest BCUT2D eigenvalue weighted by Crippen LogP contribution is 2.43. The van der Waals surface area contributed by atoms with Gasteiger partial charge in [0.05, 0.1) is 34.1 Å². The summed E-state index contributed by atoms with van der Waals surface area (Å²) in [5.41, 5.74) is 2.31. The van der Waals surface area contributed by atoms with Crippen molar-refractivity contribution in [3.05, 3.63) is 80.9 Å². The van der Waals surface area contributed by atoms with Crippen molar-refractivity contribution in [1.82, 2.24) is 4.90 Å². The molecule has 0 aliphatic carbocycles. The van der Waals surface area contributed by atoms with Gasteiger partial charge in [-0.05, 0) is 17.7 Å². The van der Waals surface area contributed by atoms with E-state index in [2.05, 4.69) is 11.0 Å². The second kappa shape index (κ2) is 7.37. The Kier molecular flexibility index (Phi) is 4.75. The normalized spacial score (nSPS) is 19.2. The molecule has 1 saturated heterocycles. The van der Waals surface area contributed by atoms with Gasteiger partial charge >= 0.3 is 0 Å². The summed E-state index contributed by atoms with van der Waals surface area (Å²) in [5, 5.41) is 21.4. The van der Waals surface area contributed by atoms with Gasteiger partial charge in [-0.15, -0.1) is 0 Å². The van der Waals surface area contributed by atoms with Crippen molar-refractivity contribution in [2.75, 3.05) is 17.4 Å². The first-order chi connectivity index (χ1) is 13.6. The number of nitro groups is 1. The minimum absolute atomic E-state index is 0.00998. The molecule has 4 rings (SSSR count). The molecule has 0 N–H and O–H groups in total. The average Bonchev–Trinajstić information content (AvgIpc) is 2.74. The van der Waals surface area contributed by atoms with Gasteiger partial charge in [-0.1, -0.05) is 42.1 Å². The maximum Gasteiger partial charge on any atom is 0.269 e. The first-order valence-electron chi connectivity index (χ1n) is 8.70. The van der Waals surface area contributed by atoms with Gasteiger partial charge in [-0.2, -0.15) is 5.26 Å². The Balaban J connectivity index is 1.65. The predicted octanol–water partition coefficient (Wildman–Crippen LogP) is 3.81. The lowest BCUT2D eigenvalue weighted by molar-refractivity contribution is -0.384. The number of rotatable bonds is 3. The van der Waals surface area contributed by atoms with Gasteiger partial charge in [-0.25, -0.2) is 0 Å². The lowest BCUT2D eigenvalue weighted by Gasteiger charge is -2.42. The molecule has 28 heavy (non-hydrogen) atoms. The van der Waals surface area contributed by atoms with E-state index in [1.54, 1.807) is 17.0 Å². The molecule has 1 amide bonds. The van der Waals surface area contributed by atoms with Crippen LogP contribution in [-0.2, 0) is 4.79 Å². The molecule has 140 valence electrons. The number of carbonyl (C=O) groups excluding carboxylic acids is 1. The molecule has 0 radical (unpaired) electrons. The Morgan fingerprint density at radius 1 is 1.14 bits per heavy atom. The van der Waals surface area contributed by atoms with Crippen molar-refractivity contribution in [3.63, 3.8) is 0 Å². The van der Waals surface area contributed by atoms with Gasteiger partial charge in [0.1, 0.15) is 0 Å². The number of non-ortho nitro benzene ring substituents is 1. The highest BCUT2D eigenvalue weighted by molar-refractivity contribution is 8.03. The van der Waals surface area contributed by atoms with Crippen LogP contribution in [0.1, 0.15) is 17.9 Å². The number of carbonyl (C=O) groups is 1. The van der Waals surface area contributed by atoms with E-state index in [4.69, 9.17) is 0 Å². The number of amides is 1. The van der Waals surface area contributed by atoms with Crippen LogP contribution in [0.25, 0.3) is 0 Å². The fraction of sp³-hybridized carbons (Fsp3) is 0.200. The Labute approximate surface area is 166 Å². The van der Waals surface area contributed by atoms with Gasteiger partial charge in [0.2, 0.25) is 5.91 Å². The molecule has 0 bridgehead atoms. The molecule has 8 heteroatoms. The summed E-state index contributed by atoms with van der Waals surface area (Å²) in [7, 11) is 0. The van der Waals surface area contributed by atoms with Crippen LogP contribution in [0.3, 0.4) is 0 Å². The lowest BCUT2D eigenvalue weighted by atomic mass is 9.86. The number of anilines is 1. The number of nitro benzene ring substituents is 1. The summed E-state index contributed by atoms with van der Waals surface area (Å²) in [5.74, 6) is 0.215. The van der Waals surface area contributed by atoms with Gasteiger partial charge < -0.3 is 4.90 Å². The largest absolute Gasteiger partial charge is 0.344 e. The molecule has 0 spiro atoms. The fourth-order valence-electron chi connectivity index (χ4n) is 3.48. The first-order valence-corrected chi connectivity index (χ1v) is 9.69. The van der Waals surface area contributed by atoms with Crippen LogP contribution in [0, 0.1) is 21.4 Å². The van der Waals surface area contributed by atoms with Gasteiger partial charge in [0.15, 0.2) is 0 Å². The number of thioether (sulfide) groups is 1. The molecular formula is C20H16N4O3S. The van der Waals surface area contributed by atoms with E-state index in [1.165, 1.54) is 23.9 Å². The highest BCUT2D eigenvalue weighted by atomic mass is 32.2. The number of benzene rings is 2.